The minimum Gasteiger partial charge on any atom is -0.391 e. The topological polar surface area (TPSA) is 89.6 Å². The summed E-state index contributed by atoms with van der Waals surface area (Å²) in [5.41, 5.74) is 1.39. The average Bonchev–Trinajstić information content (AvgIpc) is 2.92. The number of aliphatic hydroxyl groups is 1. The van der Waals surface area contributed by atoms with Gasteiger partial charge in [-0.25, -0.2) is 0 Å². The molecule has 8 unspecified atom stereocenters. The first kappa shape index (κ1) is 21.7. The molecule has 0 spiro atoms. The van der Waals surface area contributed by atoms with Crippen LogP contribution in [0.4, 0.5) is 0 Å². The lowest BCUT2D eigenvalue weighted by Crippen LogP contribution is -2.69. The first-order valence-corrected chi connectivity index (χ1v) is 11.7. The van der Waals surface area contributed by atoms with E-state index >= 15 is 0 Å². The number of aliphatic hydroxyl groups excluding tert-OH is 1. The van der Waals surface area contributed by atoms with Crippen molar-refractivity contribution in [3.8, 4) is 0 Å². The van der Waals surface area contributed by atoms with Gasteiger partial charge in [0.1, 0.15) is 6.29 Å². The standard InChI is InChI=1S/C22H41N5O2/c1-13-9-19(23-3)27-22(25-13)26-18-11-16-5-4-8-29-21(16)20(14(18)2)15-6-7-24-12-17(28)10-15/h6,13-14,16-28H,4-5,7-12H2,1-3H3/t13?,14?,16?,17-,18?,19?,20?,21?,22?/m0/s1. The molecule has 0 aromatic carbocycles. The van der Waals surface area contributed by atoms with Crippen molar-refractivity contribution in [2.75, 3.05) is 26.7 Å². The smallest absolute Gasteiger partial charge is 0.113 e. The average molecular weight is 408 g/mol. The van der Waals surface area contributed by atoms with Crippen molar-refractivity contribution in [2.24, 2.45) is 17.8 Å². The fraction of sp³-hybridized carbons (Fsp3) is 0.909. The monoisotopic (exact) mass is 407 g/mol. The first-order valence-electron chi connectivity index (χ1n) is 11.7. The molecule has 7 heteroatoms. The van der Waals surface area contributed by atoms with Gasteiger partial charge in [-0.05, 0) is 57.9 Å². The maximum Gasteiger partial charge on any atom is 0.113 e. The summed E-state index contributed by atoms with van der Waals surface area (Å²) in [7, 11) is 2.02. The van der Waals surface area contributed by atoms with E-state index in [9.17, 15) is 5.11 Å². The third-order valence-electron chi connectivity index (χ3n) is 7.53. The lowest BCUT2D eigenvalue weighted by atomic mass is 9.64. The van der Waals surface area contributed by atoms with E-state index in [-0.39, 0.29) is 12.4 Å². The zero-order valence-corrected chi connectivity index (χ0v) is 18.3. The van der Waals surface area contributed by atoms with E-state index in [1.54, 1.807) is 0 Å². The quantitative estimate of drug-likeness (QED) is 0.378. The Bertz CT molecular complexity index is 573. The molecule has 4 aliphatic rings. The summed E-state index contributed by atoms with van der Waals surface area (Å²) >= 11 is 0. The maximum absolute atomic E-state index is 10.4. The number of hydrogen-bond acceptors (Lipinski definition) is 7. The van der Waals surface area contributed by atoms with Gasteiger partial charge in [-0.3, -0.25) is 16.0 Å². The fourth-order valence-corrected chi connectivity index (χ4v) is 6.06. The van der Waals surface area contributed by atoms with Crippen molar-refractivity contribution in [3.05, 3.63) is 11.6 Å². The minimum absolute atomic E-state index is 0.112. The molecule has 4 rings (SSSR count). The third-order valence-corrected chi connectivity index (χ3v) is 7.53. The van der Waals surface area contributed by atoms with Crippen LogP contribution in [0.25, 0.3) is 0 Å². The van der Waals surface area contributed by atoms with Crippen LogP contribution in [0.15, 0.2) is 11.6 Å². The van der Waals surface area contributed by atoms with Gasteiger partial charge in [0.25, 0.3) is 0 Å². The molecule has 166 valence electrons. The summed E-state index contributed by atoms with van der Waals surface area (Å²) in [6, 6.07) is 0.891. The molecule has 1 aliphatic carbocycles. The van der Waals surface area contributed by atoms with Crippen molar-refractivity contribution >= 4 is 0 Å². The molecule has 0 aromatic rings. The molecule has 1 saturated carbocycles. The van der Waals surface area contributed by atoms with Crippen LogP contribution in [0.3, 0.4) is 0 Å². The van der Waals surface area contributed by atoms with Crippen LogP contribution in [0.1, 0.15) is 46.0 Å². The number of hydrogen-bond donors (Lipinski definition) is 6. The van der Waals surface area contributed by atoms with E-state index in [0.717, 1.165) is 38.8 Å². The number of nitrogens with one attached hydrogen (secondary N) is 5. The minimum atomic E-state index is -0.301. The van der Waals surface area contributed by atoms with E-state index in [4.69, 9.17) is 4.74 Å². The van der Waals surface area contributed by atoms with Gasteiger partial charge in [-0.1, -0.05) is 18.6 Å². The Morgan fingerprint density at radius 2 is 2.07 bits per heavy atom. The lowest BCUT2D eigenvalue weighted by Gasteiger charge is -2.50. The van der Waals surface area contributed by atoms with Gasteiger partial charge in [-0.2, -0.15) is 0 Å². The summed E-state index contributed by atoms with van der Waals surface area (Å²) in [6.07, 6.45) is 8.18. The SMILES string of the molecule is CNC1CC(C)NC(NC2CC3CCCOC3C(C3=CCNC[C@@H](O)C3)C2C)N1. The van der Waals surface area contributed by atoms with E-state index in [1.807, 2.05) is 7.05 Å². The molecular weight excluding hydrogens is 366 g/mol. The van der Waals surface area contributed by atoms with Gasteiger partial charge in [0.15, 0.2) is 0 Å². The van der Waals surface area contributed by atoms with Crippen molar-refractivity contribution < 1.29 is 9.84 Å². The molecule has 3 fully saturated rings. The molecule has 9 atom stereocenters. The molecule has 0 aromatic heterocycles. The van der Waals surface area contributed by atoms with E-state index in [1.165, 1.54) is 12.0 Å². The Hall–Kier alpha value is -0.540. The van der Waals surface area contributed by atoms with Gasteiger partial charge in [0.2, 0.25) is 0 Å². The number of ether oxygens (including phenoxy) is 1. The van der Waals surface area contributed by atoms with Crippen molar-refractivity contribution in [1.82, 2.24) is 26.6 Å². The second-order valence-electron chi connectivity index (χ2n) is 9.67. The summed E-state index contributed by atoms with van der Waals surface area (Å²) in [6.45, 7) is 7.03. The van der Waals surface area contributed by atoms with Gasteiger partial charge in [0, 0.05) is 37.7 Å². The second kappa shape index (κ2) is 9.73. The first-order chi connectivity index (χ1) is 14.0. The highest BCUT2D eigenvalue weighted by Crippen LogP contribution is 2.45. The highest BCUT2D eigenvalue weighted by atomic mass is 16.5. The second-order valence-corrected chi connectivity index (χ2v) is 9.67. The molecule has 3 aliphatic heterocycles. The Morgan fingerprint density at radius 1 is 1.21 bits per heavy atom. The molecule has 0 amide bonds. The van der Waals surface area contributed by atoms with Crippen LogP contribution in [0.5, 0.6) is 0 Å². The summed E-state index contributed by atoms with van der Waals surface area (Å²) in [4.78, 5) is 0. The summed E-state index contributed by atoms with van der Waals surface area (Å²) in [5.74, 6) is 1.43. The molecule has 29 heavy (non-hydrogen) atoms. The predicted octanol–water partition coefficient (Wildman–Crippen LogP) is 0.477. The molecule has 6 N–H and O–H groups in total. The Kier molecular flexibility index (Phi) is 7.27. The van der Waals surface area contributed by atoms with Gasteiger partial charge >= 0.3 is 0 Å². The van der Waals surface area contributed by atoms with Crippen LogP contribution in [-0.2, 0) is 4.74 Å². The molecule has 7 nitrogen and oxygen atoms in total. The van der Waals surface area contributed by atoms with Crippen LogP contribution < -0.4 is 26.6 Å². The van der Waals surface area contributed by atoms with E-state index in [0.29, 0.717) is 48.7 Å². The van der Waals surface area contributed by atoms with Crippen LogP contribution in [0.2, 0.25) is 0 Å². The van der Waals surface area contributed by atoms with Gasteiger partial charge in [-0.15, -0.1) is 0 Å². The van der Waals surface area contributed by atoms with E-state index < -0.39 is 0 Å². The predicted molar refractivity (Wildman–Crippen MR) is 115 cm³/mol. The molecule has 0 radical (unpaired) electrons. The number of fused-ring (bicyclic) bond motifs is 1. The van der Waals surface area contributed by atoms with Crippen LogP contribution in [0, 0.1) is 17.8 Å². The van der Waals surface area contributed by atoms with E-state index in [2.05, 4.69) is 46.5 Å². The molecule has 2 saturated heterocycles. The lowest BCUT2D eigenvalue weighted by molar-refractivity contribution is -0.0977. The van der Waals surface area contributed by atoms with Crippen LogP contribution >= 0.6 is 0 Å². The van der Waals surface area contributed by atoms with Gasteiger partial charge < -0.3 is 20.5 Å². The fourth-order valence-electron chi connectivity index (χ4n) is 6.06. The Balaban J connectivity index is 1.52. The van der Waals surface area contributed by atoms with Crippen molar-refractivity contribution in [2.45, 2.75) is 82.7 Å². The largest absolute Gasteiger partial charge is 0.391 e. The molecule has 0 bridgehead atoms. The zero-order valence-electron chi connectivity index (χ0n) is 18.3. The molecule has 3 heterocycles. The van der Waals surface area contributed by atoms with Crippen molar-refractivity contribution in [1.29, 1.82) is 0 Å². The maximum atomic E-state index is 10.4. The Morgan fingerprint density at radius 3 is 2.90 bits per heavy atom. The zero-order chi connectivity index (χ0) is 20.4. The van der Waals surface area contributed by atoms with Crippen molar-refractivity contribution in [3.63, 3.8) is 0 Å². The normalized spacial score (nSPS) is 46.5. The number of β-amino-alcohol motifs (C(OH)–C–C–N with tert-alkyl or cyclic N) is 1. The number of rotatable bonds is 4. The van der Waals surface area contributed by atoms with Gasteiger partial charge in [0.05, 0.1) is 18.4 Å². The third kappa shape index (κ3) is 5.03. The van der Waals surface area contributed by atoms with Crippen LogP contribution in [-0.4, -0.2) is 68.6 Å². The molecular formula is C22H41N5O2. The highest BCUT2D eigenvalue weighted by Gasteiger charge is 2.46. The summed E-state index contributed by atoms with van der Waals surface area (Å²) in [5, 5.41) is 28.3. The summed E-state index contributed by atoms with van der Waals surface area (Å²) < 4.78 is 6.37. The highest BCUT2D eigenvalue weighted by molar-refractivity contribution is 5.18. The Labute approximate surface area is 175 Å².